The Kier molecular flexibility index (Phi) is 3.57. The van der Waals surface area contributed by atoms with Crippen LogP contribution in [0.3, 0.4) is 0 Å². The van der Waals surface area contributed by atoms with Gasteiger partial charge < -0.3 is 9.15 Å². The third-order valence-corrected chi connectivity index (χ3v) is 3.12. The Morgan fingerprint density at radius 3 is 2.64 bits per heavy atom. The molecule has 0 aliphatic rings. The second-order valence-corrected chi connectivity index (χ2v) is 4.65. The molecular weight excluding hydrogens is 286 g/mol. The van der Waals surface area contributed by atoms with Crippen molar-refractivity contribution in [1.29, 1.82) is 0 Å². The summed E-state index contributed by atoms with van der Waals surface area (Å²) >= 11 is 0. The van der Waals surface area contributed by atoms with Crippen molar-refractivity contribution >= 4 is 22.6 Å². The quantitative estimate of drug-likeness (QED) is 0.416. The number of ether oxygens (including phenoxy) is 1. The van der Waals surface area contributed by atoms with Gasteiger partial charge in [-0.05, 0) is 17.7 Å². The van der Waals surface area contributed by atoms with Crippen LogP contribution >= 0.6 is 0 Å². The van der Waals surface area contributed by atoms with Crippen LogP contribution in [-0.2, 0) is 11.3 Å². The highest BCUT2D eigenvalue weighted by atomic mass is 16.6. The minimum absolute atomic E-state index is 0.0198. The first kappa shape index (κ1) is 13.8. The van der Waals surface area contributed by atoms with Gasteiger partial charge in [-0.2, -0.15) is 0 Å². The van der Waals surface area contributed by atoms with Crippen LogP contribution in [0.25, 0.3) is 11.0 Å². The van der Waals surface area contributed by atoms with E-state index in [-0.39, 0.29) is 18.1 Å². The molecule has 0 aliphatic heterocycles. The molecular formula is C16H11NO5. The summed E-state index contributed by atoms with van der Waals surface area (Å²) in [6.07, 6.45) is 0. The molecule has 110 valence electrons. The van der Waals surface area contributed by atoms with Gasteiger partial charge in [0, 0.05) is 17.5 Å². The molecule has 0 N–H and O–H groups in total. The normalized spacial score (nSPS) is 10.5. The zero-order chi connectivity index (χ0) is 15.5. The Morgan fingerprint density at radius 2 is 1.91 bits per heavy atom. The summed E-state index contributed by atoms with van der Waals surface area (Å²) in [5.74, 6) is -0.589. The number of nitrogens with zero attached hydrogens (tertiary/aromatic N) is 1. The van der Waals surface area contributed by atoms with Crippen molar-refractivity contribution in [2.24, 2.45) is 0 Å². The molecule has 3 rings (SSSR count). The molecule has 0 radical (unpaired) electrons. The van der Waals surface area contributed by atoms with Gasteiger partial charge in [0.25, 0.3) is 5.69 Å². The predicted molar refractivity (Wildman–Crippen MR) is 78.4 cm³/mol. The molecule has 0 saturated heterocycles. The van der Waals surface area contributed by atoms with Crippen molar-refractivity contribution < 1.29 is 18.9 Å². The Morgan fingerprint density at radius 1 is 1.14 bits per heavy atom. The predicted octanol–water partition coefficient (Wildman–Crippen LogP) is 3.70. The molecule has 1 aromatic heterocycles. The Labute approximate surface area is 125 Å². The van der Waals surface area contributed by atoms with E-state index < -0.39 is 10.9 Å². The molecule has 2 aromatic carbocycles. The van der Waals surface area contributed by atoms with Crippen LogP contribution in [0.1, 0.15) is 16.1 Å². The topological polar surface area (TPSA) is 82.6 Å². The standard InChI is InChI=1S/C16H11NO5/c18-16(21-10-11-4-2-1-3-5-11)15-9-12-8-13(17(19)20)6-7-14(12)22-15/h1-9H,10H2. The van der Waals surface area contributed by atoms with Gasteiger partial charge in [0.05, 0.1) is 4.92 Å². The van der Waals surface area contributed by atoms with E-state index in [4.69, 9.17) is 9.15 Å². The zero-order valence-electron chi connectivity index (χ0n) is 11.4. The van der Waals surface area contributed by atoms with Crippen LogP contribution in [-0.4, -0.2) is 10.9 Å². The van der Waals surface area contributed by atoms with Gasteiger partial charge in [-0.25, -0.2) is 4.79 Å². The molecule has 3 aromatic rings. The van der Waals surface area contributed by atoms with Crippen LogP contribution in [0, 0.1) is 10.1 Å². The second kappa shape index (κ2) is 5.69. The lowest BCUT2D eigenvalue weighted by Crippen LogP contribution is -2.03. The molecule has 0 amide bonds. The van der Waals surface area contributed by atoms with E-state index in [1.165, 1.54) is 24.3 Å². The lowest BCUT2D eigenvalue weighted by Gasteiger charge is -2.02. The summed E-state index contributed by atoms with van der Waals surface area (Å²) < 4.78 is 10.5. The average Bonchev–Trinajstić information content (AvgIpc) is 2.96. The summed E-state index contributed by atoms with van der Waals surface area (Å²) in [5.41, 5.74) is 1.21. The largest absolute Gasteiger partial charge is 0.455 e. The summed E-state index contributed by atoms with van der Waals surface area (Å²) in [4.78, 5) is 22.2. The molecule has 0 unspecified atom stereocenters. The van der Waals surface area contributed by atoms with E-state index >= 15 is 0 Å². The van der Waals surface area contributed by atoms with Gasteiger partial charge in [-0.15, -0.1) is 0 Å². The number of furan rings is 1. The van der Waals surface area contributed by atoms with Crippen LogP contribution in [0.5, 0.6) is 0 Å². The molecule has 1 heterocycles. The fourth-order valence-electron chi connectivity index (χ4n) is 2.04. The first-order valence-corrected chi connectivity index (χ1v) is 6.52. The SMILES string of the molecule is O=C(OCc1ccccc1)c1cc2cc([N+](=O)[O-])ccc2o1. The fourth-order valence-corrected chi connectivity index (χ4v) is 2.04. The van der Waals surface area contributed by atoms with E-state index in [1.54, 1.807) is 0 Å². The minimum atomic E-state index is -0.609. The van der Waals surface area contributed by atoms with Gasteiger partial charge in [0.15, 0.2) is 0 Å². The van der Waals surface area contributed by atoms with Crippen molar-refractivity contribution in [1.82, 2.24) is 0 Å². The van der Waals surface area contributed by atoms with Gasteiger partial charge in [0.2, 0.25) is 5.76 Å². The second-order valence-electron chi connectivity index (χ2n) is 4.65. The summed E-state index contributed by atoms with van der Waals surface area (Å²) in [7, 11) is 0. The highest BCUT2D eigenvalue weighted by Crippen LogP contribution is 2.24. The molecule has 6 nitrogen and oxygen atoms in total. The van der Waals surface area contributed by atoms with Gasteiger partial charge in [-0.3, -0.25) is 10.1 Å². The van der Waals surface area contributed by atoms with Gasteiger partial charge in [0.1, 0.15) is 12.2 Å². The highest BCUT2D eigenvalue weighted by Gasteiger charge is 2.16. The van der Waals surface area contributed by atoms with Crippen molar-refractivity contribution in [3.05, 3.63) is 76.0 Å². The molecule has 0 spiro atoms. The lowest BCUT2D eigenvalue weighted by molar-refractivity contribution is -0.384. The minimum Gasteiger partial charge on any atom is -0.455 e. The van der Waals surface area contributed by atoms with E-state index in [0.29, 0.717) is 11.0 Å². The third kappa shape index (κ3) is 2.80. The molecule has 0 atom stereocenters. The summed E-state index contributed by atoms with van der Waals surface area (Å²) in [6, 6.07) is 14.8. The number of hydrogen-bond acceptors (Lipinski definition) is 5. The van der Waals surface area contributed by atoms with Crippen molar-refractivity contribution in [3.63, 3.8) is 0 Å². The number of fused-ring (bicyclic) bond motifs is 1. The van der Waals surface area contributed by atoms with Crippen LogP contribution in [0.4, 0.5) is 5.69 Å². The number of hydrogen-bond donors (Lipinski definition) is 0. The fraction of sp³-hybridized carbons (Fsp3) is 0.0625. The van der Waals surface area contributed by atoms with Gasteiger partial charge in [-0.1, -0.05) is 30.3 Å². The maximum absolute atomic E-state index is 12.0. The molecule has 0 bridgehead atoms. The summed E-state index contributed by atoms with van der Waals surface area (Å²) in [6.45, 7) is 0.136. The average molecular weight is 297 g/mol. The Bertz CT molecular complexity index is 838. The highest BCUT2D eigenvalue weighted by molar-refractivity contribution is 5.93. The van der Waals surface area contributed by atoms with E-state index in [2.05, 4.69) is 0 Å². The van der Waals surface area contributed by atoms with Crippen molar-refractivity contribution in [2.45, 2.75) is 6.61 Å². The molecule has 0 saturated carbocycles. The lowest BCUT2D eigenvalue weighted by atomic mass is 10.2. The van der Waals surface area contributed by atoms with Crippen molar-refractivity contribution in [2.75, 3.05) is 0 Å². The Balaban J connectivity index is 1.78. The van der Waals surface area contributed by atoms with Crippen molar-refractivity contribution in [3.8, 4) is 0 Å². The first-order chi connectivity index (χ1) is 10.6. The number of benzene rings is 2. The molecule has 22 heavy (non-hydrogen) atoms. The van der Waals surface area contributed by atoms with Crippen LogP contribution in [0.15, 0.2) is 59.0 Å². The maximum Gasteiger partial charge on any atom is 0.374 e. The van der Waals surface area contributed by atoms with E-state index in [0.717, 1.165) is 5.56 Å². The number of non-ortho nitro benzene ring substituents is 1. The Hall–Kier alpha value is -3.15. The number of nitro benzene ring substituents is 1. The number of carbonyl (C=O) groups is 1. The maximum atomic E-state index is 12.0. The monoisotopic (exact) mass is 297 g/mol. The van der Waals surface area contributed by atoms with Crippen LogP contribution in [0.2, 0.25) is 0 Å². The number of rotatable bonds is 4. The zero-order valence-corrected chi connectivity index (χ0v) is 11.4. The number of nitro groups is 1. The van der Waals surface area contributed by atoms with E-state index in [9.17, 15) is 14.9 Å². The molecule has 6 heteroatoms. The number of carbonyl (C=O) groups excluding carboxylic acids is 1. The number of esters is 1. The summed E-state index contributed by atoms with van der Waals surface area (Å²) in [5, 5.41) is 11.2. The smallest absolute Gasteiger partial charge is 0.374 e. The third-order valence-electron chi connectivity index (χ3n) is 3.12. The first-order valence-electron chi connectivity index (χ1n) is 6.52. The van der Waals surface area contributed by atoms with Crippen LogP contribution < -0.4 is 0 Å². The molecule has 0 fully saturated rings. The van der Waals surface area contributed by atoms with Gasteiger partial charge >= 0.3 is 5.97 Å². The van der Waals surface area contributed by atoms with E-state index in [1.807, 2.05) is 30.3 Å². The molecule has 0 aliphatic carbocycles.